The maximum Gasteiger partial charge on any atom is 0.409 e. The molecule has 2 aromatic rings. The van der Waals surface area contributed by atoms with Crippen LogP contribution in [0.3, 0.4) is 0 Å². The van der Waals surface area contributed by atoms with Crippen LogP contribution in [0.25, 0.3) is 0 Å². The molecular weight excluding hydrogens is 410 g/mol. The highest BCUT2D eigenvalue weighted by Gasteiger charge is 2.34. The number of aromatic hydroxyl groups is 1. The van der Waals surface area contributed by atoms with Crippen molar-refractivity contribution < 1.29 is 24.2 Å². The molecule has 1 fully saturated rings. The number of hydrogen-bond donors (Lipinski definition) is 3. The van der Waals surface area contributed by atoms with Gasteiger partial charge in [0.05, 0.1) is 12.0 Å². The number of benzene rings is 2. The van der Waals surface area contributed by atoms with Gasteiger partial charge in [0.1, 0.15) is 11.8 Å². The topological polar surface area (TPSA) is 121 Å². The molecule has 0 radical (unpaired) electrons. The SMILES string of the molecule is COC(OC(=O)N[C@@H]1CCCC[C@H]1C(=O)NC(C#N)c1cccc(O)c1)c1ccccc1. The van der Waals surface area contributed by atoms with Crippen LogP contribution >= 0.6 is 0 Å². The second-order valence-electron chi connectivity index (χ2n) is 7.69. The quantitative estimate of drug-likeness (QED) is 0.568. The van der Waals surface area contributed by atoms with Crippen molar-refractivity contribution >= 4 is 12.0 Å². The van der Waals surface area contributed by atoms with E-state index in [2.05, 4.69) is 16.7 Å². The van der Waals surface area contributed by atoms with E-state index in [1.807, 2.05) is 18.2 Å². The summed E-state index contributed by atoms with van der Waals surface area (Å²) in [5, 5.41) is 24.7. The first kappa shape index (κ1) is 23.1. The van der Waals surface area contributed by atoms with Crippen LogP contribution in [0.2, 0.25) is 0 Å². The minimum Gasteiger partial charge on any atom is -0.508 e. The normalized spacial score (nSPS) is 19.8. The molecule has 0 aromatic heterocycles. The third-order valence-electron chi connectivity index (χ3n) is 5.53. The second kappa shape index (κ2) is 11.2. The summed E-state index contributed by atoms with van der Waals surface area (Å²) < 4.78 is 10.7. The number of rotatable bonds is 7. The zero-order valence-corrected chi connectivity index (χ0v) is 17.9. The number of methoxy groups -OCH3 is 1. The fourth-order valence-corrected chi connectivity index (χ4v) is 3.91. The van der Waals surface area contributed by atoms with E-state index in [-0.39, 0.29) is 11.7 Å². The third kappa shape index (κ3) is 5.99. The fourth-order valence-electron chi connectivity index (χ4n) is 3.91. The van der Waals surface area contributed by atoms with E-state index >= 15 is 0 Å². The maximum atomic E-state index is 13.0. The summed E-state index contributed by atoms with van der Waals surface area (Å²) in [6.45, 7) is 0. The number of nitrogens with one attached hydrogen (secondary N) is 2. The molecule has 2 amide bonds. The number of ether oxygens (including phenoxy) is 2. The molecule has 3 N–H and O–H groups in total. The van der Waals surface area contributed by atoms with E-state index in [0.717, 1.165) is 12.8 Å². The van der Waals surface area contributed by atoms with Gasteiger partial charge in [-0.15, -0.1) is 0 Å². The van der Waals surface area contributed by atoms with Crippen molar-refractivity contribution in [1.82, 2.24) is 10.6 Å². The molecule has 1 aliphatic rings. The highest BCUT2D eigenvalue weighted by atomic mass is 16.7. The van der Waals surface area contributed by atoms with Crippen LogP contribution in [0.15, 0.2) is 54.6 Å². The van der Waals surface area contributed by atoms with Gasteiger partial charge in [0.15, 0.2) is 0 Å². The summed E-state index contributed by atoms with van der Waals surface area (Å²) in [6.07, 6.45) is 1.39. The summed E-state index contributed by atoms with van der Waals surface area (Å²) in [6, 6.07) is 16.0. The molecule has 8 heteroatoms. The van der Waals surface area contributed by atoms with E-state index in [0.29, 0.717) is 24.0 Å². The Morgan fingerprint density at radius 1 is 1.09 bits per heavy atom. The van der Waals surface area contributed by atoms with Gasteiger partial charge in [0, 0.05) is 18.7 Å². The summed E-state index contributed by atoms with van der Waals surface area (Å²) >= 11 is 0. The standard InChI is InChI=1S/C24H27N3O5/c1-31-23(16-8-3-2-4-9-16)32-24(30)27-20-13-6-5-12-19(20)22(29)26-21(15-25)17-10-7-11-18(28)14-17/h2-4,7-11,14,19-21,23,28H,5-6,12-13H2,1H3,(H,26,29)(H,27,30)/t19-,20-,21?,23?/m1/s1. The van der Waals surface area contributed by atoms with Crippen LogP contribution in [-0.4, -0.2) is 30.3 Å². The molecule has 0 bridgehead atoms. The molecule has 2 aromatic carbocycles. The number of alkyl carbamates (subject to hydrolysis) is 1. The molecule has 32 heavy (non-hydrogen) atoms. The number of carbonyl (C=O) groups excluding carboxylic acids is 2. The predicted molar refractivity (Wildman–Crippen MR) is 116 cm³/mol. The van der Waals surface area contributed by atoms with E-state index < -0.39 is 30.4 Å². The molecule has 1 saturated carbocycles. The van der Waals surface area contributed by atoms with Gasteiger partial charge in [-0.05, 0) is 30.5 Å². The molecule has 4 atom stereocenters. The third-order valence-corrected chi connectivity index (χ3v) is 5.53. The number of amides is 2. The Kier molecular flexibility index (Phi) is 8.06. The molecule has 0 spiro atoms. The summed E-state index contributed by atoms with van der Waals surface area (Å²) in [5.74, 6) is -0.804. The average molecular weight is 437 g/mol. The van der Waals surface area contributed by atoms with Gasteiger partial charge in [-0.1, -0.05) is 55.3 Å². The summed E-state index contributed by atoms with van der Waals surface area (Å²) in [5.41, 5.74) is 1.19. The molecule has 3 rings (SSSR count). The van der Waals surface area contributed by atoms with Crippen LogP contribution in [0, 0.1) is 17.2 Å². The van der Waals surface area contributed by atoms with Crippen molar-refractivity contribution in [1.29, 1.82) is 5.26 Å². The number of phenolic OH excluding ortho intramolecular Hbond substituents is 1. The van der Waals surface area contributed by atoms with E-state index in [9.17, 15) is 20.0 Å². The van der Waals surface area contributed by atoms with Crippen molar-refractivity contribution in [2.45, 2.75) is 44.1 Å². The lowest BCUT2D eigenvalue weighted by Gasteiger charge is -2.32. The van der Waals surface area contributed by atoms with Crippen LogP contribution < -0.4 is 10.6 Å². The van der Waals surface area contributed by atoms with E-state index in [4.69, 9.17) is 9.47 Å². The molecular formula is C24H27N3O5. The first-order chi connectivity index (χ1) is 15.5. The molecule has 8 nitrogen and oxygen atoms in total. The molecule has 0 aliphatic heterocycles. The Labute approximate surface area is 187 Å². The summed E-state index contributed by atoms with van der Waals surface area (Å²) in [7, 11) is 1.45. The largest absolute Gasteiger partial charge is 0.508 e. The van der Waals surface area contributed by atoms with Crippen molar-refractivity contribution in [3.63, 3.8) is 0 Å². The van der Waals surface area contributed by atoms with Crippen molar-refractivity contribution in [2.75, 3.05) is 7.11 Å². The zero-order valence-electron chi connectivity index (χ0n) is 17.9. The lowest BCUT2D eigenvalue weighted by Crippen LogP contribution is -2.49. The Morgan fingerprint density at radius 3 is 2.50 bits per heavy atom. The van der Waals surface area contributed by atoms with Gasteiger partial charge >= 0.3 is 6.09 Å². The average Bonchev–Trinajstić information content (AvgIpc) is 2.81. The van der Waals surface area contributed by atoms with Gasteiger partial charge in [0.2, 0.25) is 12.2 Å². The van der Waals surface area contributed by atoms with Gasteiger partial charge in [-0.2, -0.15) is 5.26 Å². The number of carbonyl (C=O) groups is 2. The Hall–Kier alpha value is -3.57. The van der Waals surface area contributed by atoms with E-state index in [1.54, 1.807) is 24.3 Å². The number of hydrogen-bond acceptors (Lipinski definition) is 6. The molecule has 168 valence electrons. The number of nitriles is 1. The van der Waals surface area contributed by atoms with Crippen molar-refractivity contribution in [3.8, 4) is 11.8 Å². The lowest BCUT2D eigenvalue weighted by atomic mass is 9.83. The van der Waals surface area contributed by atoms with E-state index in [1.165, 1.54) is 19.2 Å². The van der Waals surface area contributed by atoms with Gasteiger partial charge in [-0.25, -0.2) is 4.79 Å². The zero-order chi connectivity index (χ0) is 22.9. The summed E-state index contributed by atoms with van der Waals surface area (Å²) in [4.78, 5) is 25.5. The Balaban J connectivity index is 1.64. The van der Waals surface area contributed by atoms with Gasteiger partial charge in [-0.3, -0.25) is 4.79 Å². The fraction of sp³-hybridized carbons (Fsp3) is 0.375. The predicted octanol–water partition coefficient (Wildman–Crippen LogP) is 3.70. The highest BCUT2D eigenvalue weighted by molar-refractivity contribution is 5.81. The highest BCUT2D eigenvalue weighted by Crippen LogP contribution is 2.27. The smallest absolute Gasteiger partial charge is 0.409 e. The second-order valence-corrected chi connectivity index (χ2v) is 7.69. The number of phenols is 1. The van der Waals surface area contributed by atoms with Crippen LogP contribution in [0.4, 0.5) is 4.79 Å². The van der Waals surface area contributed by atoms with Crippen LogP contribution in [0.1, 0.15) is 49.1 Å². The minimum atomic E-state index is -0.903. The van der Waals surface area contributed by atoms with Crippen molar-refractivity contribution in [3.05, 3.63) is 65.7 Å². The van der Waals surface area contributed by atoms with Gasteiger partial charge < -0.3 is 25.2 Å². The molecule has 1 aliphatic carbocycles. The van der Waals surface area contributed by atoms with Crippen molar-refractivity contribution in [2.24, 2.45) is 5.92 Å². The Morgan fingerprint density at radius 2 is 1.81 bits per heavy atom. The molecule has 0 heterocycles. The number of nitrogens with zero attached hydrogens (tertiary/aromatic N) is 1. The first-order valence-corrected chi connectivity index (χ1v) is 10.6. The van der Waals surface area contributed by atoms with Gasteiger partial charge in [0.25, 0.3) is 0 Å². The van der Waals surface area contributed by atoms with Crippen LogP contribution in [0.5, 0.6) is 5.75 Å². The maximum absolute atomic E-state index is 13.0. The molecule has 2 unspecified atom stereocenters. The first-order valence-electron chi connectivity index (χ1n) is 10.6. The minimum absolute atomic E-state index is 0.0167. The monoisotopic (exact) mass is 437 g/mol. The van der Waals surface area contributed by atoms with Crippen LogP contribution in [-0.2, 0) is 14.3 Å². The Bertz CT molecular complexity index is 960. The molecule has 0 saturated heterocycles. The lowest BCUT2D eigenvalue weighted by molar-refractivity contribution is -0.127.